The molecule has 0 radical (unpaired) electrons. The molecule has 0 spiro atoms. The van der Waals surface area contributed by atoms with Crippen LogP contribution < -0.4 is 10.6 Å². The SMILES string of the molecule is CCN(CC1CCCO1)c1cc(CN)cc(C(C)(C)C)n1. The molecule has 1 unspecified atom stereocenters. The Balaban J connectivity index is 2.26. The van der Waals surface area contributed by atoms with Crippen molar-refractivity contribution < 1.29 is 4.74 Å². The van der Waals surface area contributed by atoms with E-state index in [0.717, 1.165) is 43.2 Å². The highest BCUT2D eigenvalue weighted by atomic mass is 16.5. The molecule has 2 rings (SSSR count). The number of rotatable bonds is 5. The van der Waals surface area contributed by atoms with Gasteiger partial charge in [0.05, 0.1) is 6.10 Å². The number of nitrogens with zero attached hydrogens (tertiary/aromatic N) is 2. The van der Waals surface area contributed by atoms with Gasteiger partial charge in [-0.1, -0.05) is 20.8 Å². The summed E-state index contributed by atoms with van der Waals surface area (Å²) in [4.78, 5) is 7.19. The van der Waals surface area contributed by atoms with E-state index >= 15 is 0 Å². The fourth-order valence-electron chi connectivity index (χ4n) is 2.65. The van der Waals surface area contributed by atoms with Gasteiger partial charge in [-0.05, 0) is 37.5 Å². The molecule has 1 atom stereocenters. The first-order valence-corrected chi connectivity index (χ1v) is 8.02. The van der Waals surface area contributed by atoms with E-state index in [9.17, 15) is 0 Å². The molecule has 1 aromatic heterocycles. The lowest BCUT2D eigenvalue weighted by Gasteiger charge is -2.28. The van der Waals surface area contributed by atoms with Gasteiger partial charge in [0, 0.05) is 37.4 Å². The monoisotopic (exact) mass is 291 g/mol. The van der Waals surface area contributed by atoms with E-state index in [0.29, 0.717) is 12.6 Å². The van der Waals surface area contributed by atoms with Crippen LogP contribution in [-0.2, 0) is 16.7 Å². The maximum Gasteiger partial charge on any atom is 0.129 e. The third kappa shape index (κ3) is 4.17. The summed E-state index contributed by atoms with van der Waals surface area (Å²) in [6.45, 7) is 12.0. The van der Waals surface area contributed by atoms with E-state index in [1.54, 1.807) is 0 Å². The van der Waals surface area contributed by atoms with Crippen LogP contribution in [0.4, 0.5) is 5.82 Å². The molecular formula is C17H29N3O. The molecule has 0 amide bonds. The Morgan fingerprint density at radius 3 is 2.67 bits per heavy atom. The highest BCUT2D eigenvalue weighted by Gasteiger charge is 2.22. The first kappa shape index (κ1) is 16.2. The Morgan fingerprint density at radius 1 is 1.38 bits per heavy atom. The number of ether oxygens (including phenoxy) is 1. The Labute approximate surface area is 128 Å². The van der Waals surface area contributed by atoms with Gasteiger partial charge in [0.15, 0.2) is 0 Å². The van der Waals surface area contributed by atoms with Crippen molar-refractivity contribution in [1.82, 2.24) is 4.98 Å². The Bertz CT molecular complexity index is 462. The topological polar surface area (TPSA) is 51.4 Å². The van der Waals surface area contributed by atoms with Gasteiger partial charge >= 0.3 is 0 Å². The van der Waals surface area contributed by atoms with Gasteiger partial charge in [-0.25, -0.2) is 4.98 Å². The maximum atomic E-state index is 5.87. The molecule has 118 valence electrons. The summed E-state index contributed by atoms with van der Waals surface area (Å²) in [6.07, 6.45) is 2.66. The maximum absolute atomic E-state index is 5.87. The van der Waals surface area contributed by atoms with Crippen molar-refractivity contribution >= 4 is 5.82 Å². The van der Waals surface area contributed by atoms with Crippen molar-refractivity contribution in [3.63, 3.8) is 0 Å². The fourth-order valence-corrected chi connectivity index (χ4v) is 2.65. The summed E-state index contributed by atoms with van der Waals surface area (Å²) in [7, 11) is 0. The minimum absolute atomic E-state index is 0.0310. The molecule has 1 aliphatic rings. The molecule has 0 aromatic carbocycles. The minimum Gasteiger partial charge on any atom is -0.376 e. The predicted octanol–water partition coefficient (Wildman–Crippen LogP) is 2.84. The number of hydrogen-bond acceptors (Lipinski definition) is 4. The molecule has 0 aliphatic carbocycles. The van der Waals surface area contributed by atoms with E-state index in [4.69, 9.17) is 15.5 Å². The second-order valence-electron chi connectivity index (χ2n) is 6.85. The fraction of sp³-hybridized carbons (Fsp3) is 0.706. The van der Waals surface area contributed by atoms with Crippen LogP contribution in [-0.4, -0.2) is 30.8 Å². The molecule has 1 fully saturated rings. The molecule has 1 aromatic rings. The van der Waals surface area contributed by atoms with Gasteiger partial charge < -0.3 is 15.4 Å². The highest BCUT2D eigenvalue weighted by molar-refractivity contribution is 5.44. The Morgan fingerprint density at radius 2 is 2.14 bits per heavy atom. The second kappa shape index (κ2) is 6.75. The van der Waals surface area contributed by atoms with Crippen molar-refractivity contribution in [2.75, 3.05) is 24.6 Å². The summed E-state index contributed by atoms with van der Waals surface area (Å²) in [5, 5.41) is 0. The third-order valence-corrected chi connectivity index (χ3v) is 4.03. The van der Waals surface area contributed by atoms with Crippen LogP contribution in [0.3, 0.4) is 0 Å². The van der Waals surface area contributed by atoms with Crippen LogP contribution in [0.5, 0.6) is 0 Å². The minimum atomic E-state index is 0.0310. The van der Waals surface area contributed by atoms with Gasteiger partial charge in [0.1, 0.15) is 5.82 Å². The van der Waals surface area contributed by atoms with Gasteiger partial charge in [0.2, 0.25) is 0 Å². The number of nitrogens with two attached hydrogens (primary N) is 1. The normalized spacial score (nSPS) is 19.0. The smallest absolute Gasteiger partial charge is 0.129 e. The number of aromatic nitrogens is 1. The molecule has 4 nitrogen and oxygen atoms in total. The molecule has 1 saturated heterocycles. The van der Waals surface area contributed by atoms with Crippen molar-refractivity contribution in [3.8, 4) is 0 Å². The molecule has 2 N–H and O–H groups in total. The van der Waals surface area contributed by atoms with E-state index in [1.165, 1.54) is 6.42 Å². The van der Waals surface area contributed by atoms with Crippen molar-refractivity contribution in [1.29, 1.82) is 0 Å². The largest absolute Gasteiger partial charge is 0.376 e. The molecule has 21 heavy (non-hydrogen) atoms. The zero-order chi connectivity index (χ0) is 15.5. The second-order valence-corrected chi connectivity index (χ2v) is 6.85. The lowest BCUT2D eigenvalue weighted by atomic mass is 9.90. The van der Waals surface area contributed by atoms with E-state index in [-0.39, 0.29) is 5.41 Å². The predicted molar refractivity (Wildman–Crippen MR) is 87.7 cm³/mol. The van der Waals surface area contributed by atoms with Crippen LogP contribution in [0.15, 0.2) is 12.1 Å². The summed E-state index contributed by atoms with van der Waals surface area (Å²) in [6, 6.07) is 4.25. The lowest BCUT2D eigenvalue weighted by Crippen LogP contribution is -2.33. The first-order chi connectivity index (χ1) is 9.94. The quantitative estimate of drug-likeness (QED) is 0.906. The summed E-state index contributed by atoms with van der Waals surface area (Å²) < 4.78 is 5.77. The Hall–Kier alpha value is -1.13. The molecule has 1 aliphatic heterocycles. The van der Waals surface area contributed by atoms with Crippen LogP contribution in [0.2, 0.25) is 0 Å². The average molecular weight is 291 g/mol. The van der Waals surface area contributed by atoms with E-state index in [1.807, 2.05) is 0 Å². The van der Waals surface area contributed by atoms with Crippen LogP contribution >= 0.6 is 0 Å². The first-order valence-electron chi connectivity index (χ1n) is 8.02. The molecule has 0 bridgehead atoms. The van der Waals surface area contributed by atoms with Crippen LogP contribution in [0.25, 0.3) is 0 Å². The Kier molecular flexibility index (Phi) is 5.22. The van der Waals surface area contributed by atoms with Crippen LogP contribution in [0.1, 0.15) is 51.8 Å². The van der Waals surface area contributed by atoms with Crippen LogP contribution in [0, 0.1) is 0 Å². The standard InChI is InChI=1S/C17H29N3O/c1-5-20(12-14-7-6-8-21-14)16-10-13(11-18)9-15(19-16)17(2,3)4/h9-10,14H,5-8,11-12,18H2,1-4H3. The number of pyridine rings is 1. The zero-order valence-electron chi connectivity index (χ0n) is 13.9. The summed E-state index contributed by atoms with van der Waals surface area (Å²) in [5.74, 6) is 1.03. The van der Waals surface area contributed by atoms with Crippen molar-refractivity contribution in [2.45, 2.75) is 58.6 Å². The molecule has 2 heterocycles. The lowest BCUT2D eigenvalue weighted by molar-refractivity contribution is 0.115. The van der Waals surface area contributed by atoms with Gasteiger partial charge in [-0.2, -0.15) is 0 Å². The van der Waals surface area contributed by atoms with Gasteiger partial charge in [0.25, 0.3) is 0 Å². The highest BCUT2D eigenvalue weighted by Crippen LogP contribution is 2.25. The zero-order valence-corrected chi connectivity index (χ0v) is 13.9. The molecule has 0 saturated carbocycles. The average Bonchev–Trinajstić information content (AvgIpc) is 2.96. The van der Waals surface area contributed by atoms with Gasteiger partial charge in [-0.3, -0.25) is 0 Å². The third-order valence-electron chi connectivity index (χ3n) is 4.03. The number of anilines is 1. The van der Waals surface area contributed by atoms with Crippen molar-refractivity contribution in [3.05, 3.63) is 23.4 Å². The summed E-state index contributed by atoms with van der Waals surface area (Å²) >= 11 is 0. The van der Waals surface area contributed by atoms with Gasteiger partial charge in [-0.15, -0.1) is 0 Å². The van der Waals surface area contributed by atoms with Crippen molar-refractivity contribution in [2.24, 2.45) is 5.73 Å². The van der Waals surface area contributed by atoms with E-state index in [2.05, 4.69) is 44.7 Å². The molecule has 4 heteroatoms. The molecular weight excluding hydrogens is 262 g/mol. The number of hydrogen-bond donors (Lipinski definition) is 1. The summed E-state index contributed by atoms with van der Waals surface area (Å²) in [5.41, 5.74) is 8.15. The number of likely N-dealkylation sites (N-methyl/N-ethyl adjacent to an activating group) is 1. The van der Waals surface area contributed by atoms with E-state index < -0.39 is 0 Å².